The lowest BCUT2D eigenvalue weighted by atomic mass is 10.1. The van der Waals surface area contributed by atoms with Crippen LogP contribution in [-0.2, 0) is 6.42 Å². The molecular weight excluding hydrogens is 386 g/mol. The molecular formula is C16H15BrClNO4. The molecule has 0 bridgehead atoms. The Morgan fingerprint density at radius 2 is 2.09 bits per heavy atom. The topological polar surface area (TPSA) is 60.7 Å². The number of ether oxygens (including phenoxy) is 2. The van der Waals surface area contributed by atoms with Crippen LogP contribution in [0.25, 0.3) is 0 Å². The van der Waals surface area contributed by atoms with E-state index in [2.05, 4.69) is 21.2 Å². The molecule has 5 nitrogen and oxygen atoms in total. The van der Waals surface area contributed by atoms with Crippen molar-refractivity contribution < 1.29 is 18.7 Å². The Kier molecular flexibility index (Phi) is 4.82. The molecule has 23 heavy (non-hydrogen) atoms. The van der Waals surface area contributed by atoms with Crippen molar-refractivity contribution in [3.05, 3.63) is 44.8 Å². The third kappa shape index (κ3) is 3.64. The van der Waals surface area contributed by atoms with Crippen LogP contribution < -0.4 is 14.8 Å². The van der Waals surface area contributed by atoms with Gasteiger partial charge in [-0.25, -0.2) is 0 Å². The standard InChI is InChI=1S/C16H15BrClNO4/c1-9-6-13(17)23-14(9)16(20)19-3-2-10-7-11(18)15-12(8-10)21-4-5-22-15/h6-8H,2-5H2,1H3,(H,19,20). The first-order valence-corrected chi connectivity index (χ1v) is 8.34. The molecule has 0 aliphatic carbocycles. The normalized spacial score (nSPS) is 13.0. The third-order valence-corrected chi connectivity index (χ3v) is 4.12. The lowest BCUT2D eigenvalue weighted by molar-refractivity contribution is 0.0924. The molecule has 0 saturated carbocycles. The van der Waals surface area contributed by atoms with Gasteiger partial charge in [-0.2, -0.15) is 0 Å². The highest BCUT2D eigenvalue weighted by Gasteiger charge is 2.17. The first-order valence-electron chi connectivity index (χ1n) is 7.17. The van der Waals surface area contributed by atoms with Crippen molar-refractivity contribution in [1.82, 2.24) is 5.32 Å². The van der Waals surface area contributed by atoms with Crippen molar-refractivity contribution in [3.8, 4) is 11.5 Å². The molecule has 1 aliphatic heterocycles. The van der Waals surface area contributed by atoms with Crippen molar-refractivity contribution in [1.29, 1.82) is 0 Å². The van der Waals surface area contributed by atoms with Crippen LogP contribution in [0.4, 0.5) is 0 Å². The van der Waals surface area contributed by atoms with Gasteiger partial charge in [-0.05, 0) is 53.0 Å². The van der Waals surface area contributed by atoms with Gasteiger partial charge in [0.2, 0.25) is 0 Å². The van der Waals surface area contributed by atoms with Crippen LogP contribution in [0.2, 0.25) is 5.02 Å². The summed E-state index contributed by atoms with van der Waals surface area (Å²) >= 11 is 9.41. The Hall–Kier alpha value is -1.66. The summed E-state index contributed by atoms with van der Waals surface area (Å²) in [5.41, 5.74) is 1.76. The van der Waals surface area contributed by atoms with Gasteiger partial charge in [0.1, 0.15) is 13.2 Å². The zero-order valence-corrected chi connectivity index (χ0v) is 14.8. The number of amides is 1. The van der Waals surface area contributed by atoms with Crippen molar-refractivity contribution in [2.75, 3.05) is 19.8 Å². The summed E-state index contributed by atoms with van der Waals surface area (Å²) in [4.78, 5) is 12.1. The fourth-order valence-corrected chi connectivity index (χ4v) is 3.17. The Morgan fingerprint density at radius 1 is 1.30 bits per heavy atom. The van der Waals surface area contributed by atoms with E-state index >= 15 is 0 Å². The molecule has 0 radical (unpaired) electrons. The van der Waals surface area contributed by atoms with E-state index < -0.39 is 0 Å². The molecule has 1 aliphatic rings. The highest BCUT2D eigenvalue weighted by atomic mass is 79.9. The second kappa shape index (κ2) is 6.84. The number of benzene rings is 1. The van der Waals surface area contributed by atoms with Crippen molar-refractivity contribution in [3.63, 3.8) is 0 Å². The molecule has 1 amide bonds. The predicted molar refractivity (Wildman–Crippen MR) is 89.6 cm³/mol. The largest absolute Gasteiger partial charge is 0.486 e. The number of carbonyl (C=O) groups is 1. The SMILES string of the molecule is Cc1cc(Br)oc1C(=O)NCCc1cc(Cl)c2c(c1)OCCO2. The summed E-state index contributed by atoms with van der Waals surface area (Å²) in [6.07, 6.45) is 0.628. The fourth-order valence-electron chi connectivity index (χ4n) is 2.38. The number of fused-ring (bicyclic) bond motifs is 1. The molecule has 0 spiro atoms. The second-order valence-corrected chi connectivity index (χ2v) is 6.36. The monoisotopic (exact) mass is 399 g/mol. The number of hydrogen-bond donors (Lipinski definition) is 1. The number of carbonyl (C=O) groups excluding carboxylic acids is 1. The van der Waals surface area contributed by atoms with E-state index in [9.17, 15) is 4.79 Å². The minimum Gasteiger partial charge on any atom is -0.486 e. The van der Waals surface area contributed by atoms with Crippen LogP contribution in [0.15, 0.2) is 27.3 Å². The molecule has 2 aromatic rings. The fraction of sp³-hybridized carbons (Fsp3) is 0.312. The molecule has 3 rings (SSSR count). The predicted octanol–water partition coefficient (Wildman–Crippen LogP) is 3.75. The van der Waals surface area contributed by atoms with E-state index in [4.69, 9.17) is 25.5 Å². The average molecular weight is 401 g/mol. The average Bonchev–Trinajstić information content (AvgIpc) is 2.86. The molecule has 7 heteroatoms. The maximum absolute atomic E-state index is 12.1. The zero-order valence-electron chi connectivity index (χ0n) is 12.4. The molecule has 1 N–H and O–H groups in total. The molecule has 122 valence electrons. The smallest absolute Gasteiger partial charge is 0.287 e. The van der Waals surface area contributed by atoms with Crippen LogP contribution in [0.3, 0.4) is 0 Å². The van der Waals surface area contributed by atoms with Gasteiger partial charge >= 0.3 is 0 Å². The van der Waals surface area contributed by atoms with Crippen molar-refractivity contribution in [2.24, 2.45) is 0 Å². The van der Waals surface area contributed by atoms with E-state index in [-0.39, 0.29) is 5.91 Å². The van der Waals surface area contributed by atoms with Gasteiger partial charge in [0.15, 0.2) is 21.9 Å². The summed E-state index contributed by atoms with van der Waals surface area (Å²) in [5, 5.41) is 3.35. The molecule has 2 heterocycles. The summed E-state index contributed by atoms with van der Waals surface area (Å²) in [6.45, 7) is 3.30. The number of hydrogen-bond acceptors (Lipinski definition) is 4. The van der Waals surface area contributed by atoms with Crippen LogP contribution in [0, 0.1) is 6.92 Å². The Labute approximate surface area is 147 Å². The van der Waals surface area contributed by atoms with Crippen molar-refractivity contribution >= 4 is 33.4 Å². The highest BCUT2D eigenvalue weighted by Crippen LogP contribution is 2.38. The number of aryl methyl sites for hydroxylation is 1. The van der Waals surface area contributed by atoms with Crippen LogP contribution in [0.1, 0.15) is 21.7 Å². The van der Waals surface area contributed by atoms with Gasteiger partial charge in [0.05, 0.1) is 5.02 Å². The van der Waals surface area contributed by atoms with Gasteiger partial charge in [0, 0.05) is 12.1 Å². The lowest BCUT2D eigenvalue weighted by Gasteiger charge is -2.20. The minimum absolute atomic E-state index is 0.239. The number of furan rings is 1. The number of nitrogens with one attached hydrogen (secondary N) is 1. The highest BCUT2D eigenvalue weighted by molar-refractivity contribution is 9.10. The van der Waals surface area contributed by atoms with E-state index in [0.29, 0.717) is 53.1 Å². The zero-order chi connectivity index (χ0) is 16.4. The van der Waals surface area contributed by atoms with Crippen molar-refractivity contribution in [2.45, 2.75) is 13.3 Å². The summed E-state index contributed by atoms with van der Waals surface area (Å²) in [5.74, 6) is 1.31. The van der Waals surface area contributed by atoms with Crippen LogP contribution in [-0.4, -0.2) is 25.7 Å². The Balaban J connectivity index is 1.61. The third-order valence-electron chi connectivity index (χ3n) is 3.45. The number of rotatable bonds is 4. The molecule has 0 atom stereocenters. The Bertz CT molecular complexity index is 744. The molecule has 0 fully saturated rings. The molecule has 1 aromatic carbocycles. The van der Waals surface area contributed by atoms with Gasteiger partial charge in [-0.1, -0.05) is 11.6 Å². The van der Waals surface area contributed by atoms with Crippen LogP contribution in [0.5, 0.6) is 11.5 Å². The minimum atomic E-state index is -0.239. The van der Waals surface area contributed by atoms with Crippen LogP contribution >= 0.6 is 27.5 Å². The van der Waals surface area contributed by atoms with E-state index in [1.165, 1.54) is 0 Å². The van der Waals surface area contributed by atoms with E-state index in [0.717, 1.165) is 11.1 Å². The quantitative estimate of drug-likeness (QED) is 0.849. The molecule has 0 saturated heterocycles. The maximum Gasteiger partial charge on any atom is 0.287 e. The first kappa shape index (κ1) is 16.2. The van der Waals surface area contributed by atoms with Gasteiger partial charge in [-0.3, -0.25) is 4.79 Å². The summed E-state index contributed by atoms with van der Waals surface area (Å²) < 4.78 is 16.9. The molecule has 0 unspecified atom stereocenters. The van der Waals surface area contributed by atoms with Gasteiger partial charge in [0.25, 0.3) is 5.91 Å². The molecule has 1 aromatic heterocycles. The maximum atomic E-state index is 12.1. The number of halogens is 2. The van der Waals surface area contributed by atoms with E-state index in [1.807, 2.05) is 19.1 Å². The second-order valence-electron chi connectivity index (χ2n) is 5.17. The summed E-state index contributed by atoms with van der Waals surface area (Å²) in [6, 6.07) is 5.48. The summed E-state index contributed by atoms with van der Waals surface area (Å²) in [7, 11) is 0. The van der Waals surface area contributed by atoms with Gasteiger partial charge < -0.3 is 19.2 Å². The van der Waals surface area contributed by atoms with Gasteiger partial charge in [-0.15, -0.1) is 0 Å². The van der Waals surface area contributed by atoms with E-state index in [1.54, 1.807) is 6.07 Å². The first-order chi connectivity index (χ1) is 11.0. The lowest BCUT2D eigenvalue weighted by Crippen LogP contribution is -2.26. The Morgan fingerprint density at radius 3 is 2.83 bits per heavy atom.